The molecule has 0 saturated carbocycles. The topological polar surface area (TPSA) is 42.2 Å². The molecule has 0 amide bonds. The van der Waals surface area contributed by atoms with Crippen molar-refractivity contribution >= 4 is 49.8 Å². The van der Waals surface area contributed by atoms with Gasteiger partial charge in [0.1, 0.15) is 11.2 Å². The molecule has 0 unspecified atom stereocenters. The molecule has 0 radical (unpaired) electrons. The maximum Gasteiger partial charge on any atom is 0.160 e. The second kappa shape index (κ2) is 12.1. The summed E-state index contributed by atoms with van der Waals surface area (Å²) in [6.07, 6.45) is 0. The normalized spacial score (nSPS) is 12.0. The molecule has 3 heterocycles. The highest BCUT2D eigenvalue weighted by Crippen LogP contribution is 2.53. The van der Waals surface area contributed by atoms with Gasteiger partial charge in [0.25, 0.3) is 0 Å². The van der Waals surface area contributed by atoms with Gasteiger partial charge in [-0.25, -0.2) is 9.97 Å². The van der Waals surface area contributed by atoms with Gasteiger partial charge in [0.2, 0.25) is 0 Å². The zero-order chi connectivity index (χ0) is 35.6. The fourth-order valence-electron chi connectivity index (χ4n) is 8.10. The van der Waals surface area contributed by atoms with Crippen LogP contribution in [0.5, 0.6) is 0 Å². The molecule has 11 rings (SSSR count). The molecule has 0 spiro atoms. The van der Waals surface area contributed by atoms with Crippen molar-refractivity contribution in [3.63, 3.8) is 0 Å². The predicted molar refractivity (Wildman–Crippen MR) is 222 cm³/mol. The van der Waals surface area contributed by atoms with E-state index in [1.54, 1.807) is 0 Å². The molecule has 0 aliphatic carbocycles. The first-order chi connectivity index (χ1) is 26.8. The van der Waals surface area contributed by atoms with Crippen molar-refractivity contribution in [2.45, 2.75) is 0 Å². The van der Waals surface area contributed by atoms with Crippen molar-refractivity contribution in [1.82, 2.24) is 9.97 Å². The van der Waals surface area contributed by atoms with E-state index >= 15 is 0 Å². The van der Waals surface area contributed by atoms with Crippen molar-refractivity contribution in [3.8, 4) is 56.2 Å². The largest absolute Gasteiger partial charge is 0.456 e. The Hall–Kier alpha value is -7.30. The van der Waals surface area contributed by atoms with Crippen LogP contribution in [0, 0.1) is 0 Å². The van der Waals surface area contributed by atoms with Crippen molar-refractivity contribution in [3.05, 3.63) is 188 Å². The van der Waals surface area contributed by atoms with Crippen molar-refractivity contribution in [2.75, 3.05) is 4.90 Å². The Morgan fingerprint density at radius 2 is 1.00 bits per heavy atom. The van der Waals surface area contributed by atoms with Crippen LogP contribution in [0.3, 0.4) is 0 Å². The lowest BCUT2D eigenvalue weighted by Crippen LogP contribution is -2.15. The van der Waals surface area contributed by atoms with E-state index in [1.165, 1.54) is 33.0 Å². The molecule has 4 heteroatoms. The summed E-state index contributed by atoms with van der Waals surface area (Å²) in [5.41, 5.74) is 14.6. The molecule has 0 saturated heterocycles. The lowest BCUT2D eigenvalue weighted by molar-refractivity contribution is 0.669. The van der Waals surface area contributed by atoms with Crippen LogP contribution in [0.4, 0.5) is 17.1 Å². The van der Waals surface area contributed by atoms with E-state index in [4.69, 9.17) is 14.4 Å². The number of nitrogens with zero attached hydrogens (tertiary/aromatic N) is 3. The number of rotatable bonds is 5. The van der Waals surface area contributed by atoms with E-state index in [2.05, 4.69) is 157 Å². The third kappa shape index (κ3) is 4.85. The summed E-state index contributed by atoms with van der Waals surface area (Å²) in [6, 6.07) is 66.2. The number of aromatic nitrogens is 2. The lowest BCUT2D eigenvalue weighted by Gasteiger charge is -2.34. The zero-order valence-corrected chi connectivity index (χ0v) is 29.1. The number of hydrogen-bond acceptors (Lipinski definition) is 4. The minimum Gasteiger partial charge on any atom is -0.456 e. The van der Waals surface area contributed by atoms with E-state index in [0.29, 0.717) is 5.82 Å². The van der Waals surface area contributed by atoms with E-state index in [1.807, 2.05) is 36.4 Å². The third-order valence-corrected chi connectivity index (χ3v) is 10.6. The molecular formula is C50H31N3O. The Morgan fingerprint density at radius 1 is 0.370 bits per heavy atom. The van der Waals surface area contributed by atoms with Gasteiger partial charge in [0.05, 0.1) is 22.8 Å². The van der Waals surface area contributed by atoms with Gasteiger partial charge in [-0.1, -0.05) is 140 Å². The van der Waals surface area contributed by atoms with Crippen LogP contribution in [-0.2, 0) is 0 Å². The van der Waals surface area contributed by atoms with Gasteiger partial charge in [-0.3, -0.25) is 0 Å². The maximum atomic E-state index is 6.30. The first-order valence-electron chi connectivity index (χ1n) is 18.2. The number of benzene rings is 8. The highest BCUT2D eigenvalue weighted by Gasteiger charge is 2.28. The van der Waals surface area contributed by atoms with Gasteiger partial charge in [-0.15, -0.1) is 0 Å². The SMILES string of the molecule is c1ccc(-c2nc(-c3ccc4c(c3)N(c3ccccc3)c3ccc(-c5ccccc5)c5cccc-4c35)cc(-c3ccc4c(c3)oc3ccccc34)n2)cc1. The van der Waals surface area contributed by atoms with E-state index in [9.17, 15) is 0 Å². The minimum absolute atomic E-state index is 0.675. The van der Waals surface area contributed by atoms with Crippen LogP contribution in [0.15, 0.2) is 192 Å². The molecule has 0 N–H and O–H groups in total. The van der Waals surface area contributed by atoms with E-state index in [-0.39, 0.29) is 0 Å². The Bertz CT molecular complexity index is 3040. The molecular weight excluding hydrogens is 659 g/mol. The third-order valence-electron chi connectivity index (χ3n) is 10.6. The zero-order valence-electron chi connectivity index (χ0n) is 29.1. The summed E-state index contributed by atoms with van der Waals surface area (Å²) < 4.78 is 6.30. The Balaban J connectivity index is 1.12. The number of para-hydroxylation sites is 2. The first-order valence-corrected chi connectivity index (χ1v) is 18.2. The Kier molecular flexibility index (Phi) is 6.82. The van der Waals surface area contributed by atoms with Gasteiger partial charge in [0.15, 0.2) is 5.82 Å². The molecule has 10 aromatic rings. The molecule has 1 aliphatic rings. The van der Waals surface area contributed by atoms with Crippen LogP contribution < -0.4 is 4.90 Å². The second-order valence-electron chi connectivity index (χ2n) is 13.8. The summed E-state index contributed by atoms with van der Waals surface area (Å²) in [5.74, 6) is 0.675. The smallest absolute Gasteiger partial charge is 0.160 e. The predicted octanol–water partition coefficient (Wildman–Crippen LogP) is 13.6. The van der Waals surface area contributed by atoms with Gasteiger partial charge in [-0.2, -0.15) is 0 Å². The van der Waals surface area contributed by atoms with Crippen LogP contribution in [0.1, 0.15) is 0 Å². The van der Waals surface area contributed by atoms with Crippen LogP contribution in [0.25, 0.3) is 88.9 Å². The highest BCUT2D eigenvalue weighted by molar-refractivity contribution is 6.17. The molecule has 0 fully saturated rings. The fourth-order valence-corrected chi connectivity index (χ4v) is 8.10. The molecule has 1 aliphatic heterocycles. The molecule has 54 heavy (non-hydrogen) atoms. The number of hydrogen-bond donors (Lipinski definition) is 0. The minimum atomic E-state index is 0.675. The second-order valence-corrected chi connectivity index (χ2v) is 13.8. The number of fused-ring (bicyclic) bond motifs is 5. The number of furan rings is 1. The van der Waals surface area contributed by atoms with Crippen LogP contribution in [-0.4, -0.2) is 9.97 Å². The van der Waals surface area contributed by atoms with Crippen molar-refractivity contribution < 1.29 is 4.42 Å². The van der Waals surface area contributed by atoms with E-state index < -0.39 is 0 Å². The molecule has 0 bridgehead atoms. The molecule has 0 atom stereocenters. The lowest BCUT2D eigenvalue weighted by atomic mass is 9.87. The van der Waals surface area contributed by atoms with Crippen LogP contribution in [0.2, 0.25) is 0 Å². The molecule has 8 aromatic carbocycles. The summed E-state index contributed by atoms with van der Waals surface area (Å²) in [6.45, 7) is 0. The van der Waals surface area contributed by atoms with Gasteiger partial charge < -0.3 is 9.32 Å². The molecule has 4 nitrogen and oxygen atoms in total. The summed E-state index contributed by atoms with van der Waals surface area (Å²) in [7, 11) is 0. The monoisotopic (exact) mass is 689 g/mol. The Labute approximate surface area is 312 Å². The average Bonchev–Trinajstić information content (AvgIpc) is 3.62. The summed E-state index contributed by atoms with van der Waals surface area (Å²) >= 11 is 0. The van der Waals surface area contributed by atoms with E-state index in [0.717, 1.165) is 67.1 Å². The fraction of sp³-hybridized carbons (Fsp3) is 0. The first kappa shape index (κ1) is 30.3. The average molecular weight is 690 g/mol. The molecule has 252 valence electrons. The summed E-state index contributed by atoms with van der Waals surface area (Å²) in [4.78, 5) is 12.8. The number of anilines is 3. The van der Waals surface area contributed by atoms with Gasteiger partial charge in [-0.05, 0) is 70.6 Å². The van der Waals surface area contributed by atoms with Gasteiger partial charge >= 0.3 is 0 Å². The van der Waals surface area contributed by atoms with Crippen LogP contribution >= 0.6 is 0 Å². The standard InChI is InChI=1S/C50H31N3O/c1-4-13-32(14-5-1)37-27-28-45-49-41(37)20-12-21-42(49)38-25-23-34(29-46(38)53(45)36-17-8-3-9-18-36)43-31-44(52-50(51-43)33-15-6-2-7-16-33)35-24-26-40-39-19-10-11-22-47(39)54-48(40)30-35/h1-31H. The molecule has 2 aromatic heterocycles. The van der Waals surface area contributed by atoms with Crippen molar-refractivity contribution in [1.29, 1.82) is 0 Å². The maximum absolute atomic E-state index is 6.30. The summed E-state index contributed by atoms with van der Waals surface area (Å²) in [5, 5.41) is 4.69. The highest BCUT2D eigenvalue weighted by atomic mass is 16.3. The quantitative estimate of drug-likeness (QED) is 0.180. The Morgan fingerprint density at radius 3 is 1.80 bits per heavy atom. The van der Waals surface area contributed by atoms with Crippen molar-refractivity contribution in [2.24, 2.45) is 0 Å². The van der Waals surface area contributed by atoms with Gasteiger partial charge in [0, 0.05) is 44.1 Å².